The van der Waals surface area contributed by atoms with Gasteiger partial charge < -0.3 is 5.32 Å². The zero-order valence-corrected chi connectivity index (χ0v) is 15.1. The third-order valence-corrected chi connectivity index (χ3v) is 4.79. The lowest BCUT2D eigenvalue weighted by Crippen LogP contribution is -2.37. The number of benzene rings is 3. The Kier molecular flexibility index (Phi) is 4.05. The lowest BCUT2D eigenvalue weighted by Gasteiger charge is -2.14. The van der Waals surface area contributed by atoms with E-state index < -0.39 is 17.7 Å². The Morgan fingerprint density at radius 2 is 1.65 bits per heavy atom. The minimum atomic E-state index is -0.459. The van der Waals surface area contributed by atoms with Crippen molar-refractivity contribution in [2.45, 2.75) is 0 Å². The van der Waals surface area contributed by atoms with Crippen molar-refractivity contribution in [1.82, 2.24) is 4.90 Å². The number of carbonyl (C=O) groups excluding carboxylic acids is 3. The largest absolute Gasteiger partial charge is 0.324 e. The Labute approximate surface area is 157 Å². The molecule has 0 fully saturated rings. The molecule has 0 atom stereocenters. The maximum absolute atomic E-state index is 12.5. The van der Waals surface area contributed by atoms with Gasteiger partial charge in [0.1, 0.15) is 6.54 Å². The summed E-state index contributed by atoms with van der Waals surface area (Å²) in [5, 5.41) is 4.69. The van der Waals surface area contributed by atoms with Crippen LogP contribution < -0.4 is 5.32 Å². The first-order valence-corrected chi connectivity index (χ1v) is 8.77. The third-order valence-electron chi connectivity index (χ3n) is 4.30. The third kappa shape index (κ3) is 2.78. The van der Waals surface area contributed by atoms with Crippen molar-refractivity contribution in [1.29, 1.82) is 0 Å². The van der Waals surface area contributed by atoms with Crippen LogP contribution in [-0.2, 0) is 4.79 Å². The molecule has 0 saturated heterocycles. The Balaban J connectivity index is 1.56. The van der Waals surface area contributed by atoms with Gasteiger partial charge in [-0.15, -0.1) is 0 Å². The van der Waals surface area contributed by atoms with Crippen molar-refractivity contribution in [2.75, 3.05) is 11.9 Å². The molecule has 1 N–H and O–H groups in total. The highest BCUT2D eigenvalue weighted by molar-refractivity contribution is 9.10. The first kappa shape index (κ1) is 16.5. The normalized spacial score (nSPS) is 13.2. The lowest BCUT2D eigenvalue weighted by atomic mass is 10.1. The zero-order chi connectivity index (χ0) is 18.3. The number of fused-ring (bicyclic) bond motifs is 2. The fourth-order valence-corrected chi connectivity index (χ4v) is 3.44. The van der Waals surface area contributed by atoms with Gasteiger partial charge in [0.05, 0.1) is 11.1 Å². The smallest absolute Gasteiger partial charge is 0.262 e. The molecule has 0 bridgehead atoms. The van der Waals surface area contributed by atoms with Gasteiger partial charge >= 0.3 is 0 Å². The number of nitrogens with zero attached hydrogens (tertiary/aromatic N) is 1. The van der Waals surface area contributed by atoms with Crippen LogP contribution in [0, 0.1) is 0 Å². The molecule has 3 aromatic rings. The summed E-state index contributed by atoms with van der Waals surface area (Å²) in [6, 6.07) is 18.1. The van der Waals surface area contributed by atoms with Crippen LogP contribution in [0.4, 0.5) is 5.69 Å². The number of anilines is 1. The molecule has 0 unspecified atom stereocenters. The van der Waals surface area contributed by atoms with Gasteiger partial charge in [-0.05, 0) is 29.7 Å². The number of halogens is 1. The van der Waals surface area contributed by atoms with Crippen LogP contribution >= 0.6 is 15.9 Å². The van der Waals surface area contributed by atoms with E-state index in [0.717, 1.165) is 15.7 Å². The van der Waals surface area contributed by atoms with Gasteiger partial charge in [0.25, 0.3) is 11.8 Å². The molecular weight excluding hydrogens is 396 g/mol. The minimum absolute atomic E-state index is 0.308. The molecule has 128 valence electrons. The molecule has 0 spiro atoms. The van der Waals surface area contributed by atoms with Crippen LogP contribution in [-0.4, -0.2) is 29.2 Å². The Hall–Kier alpha value is -2.99. The number of carbonyl (C=O) groups is 3. The maximum atomic E-state index is 12.5. The van der Waals surface area contributed by atoms with Crippen LogP contribution in [0.3, 0.4) is 0 Å². The van der Waals surface area contributed by atoms with Crippen molar-refractivity contribution in [3.8, 4) is 0 Å². The number of imide groups is 1. The molecule has 0 radical (unpaired) electrons. The SMILES string of the molecule is O=C(CN1C(=O)c2ccc(Br)cc2C1=O)Nc1cccc2ccccc12. The number of amides is 3. The van der Waals surface area contributed by atoms with Gasteiger partial charge in [-0.3, -0.25) is 19.3 Å². The topological polar surface area (TPSA) is 66.5 Å². The Morgan fingerprint density at radius 1 is 0.923 bits per heavy atom. The molecule has 3 aromatic carbocycles. The summed E-state index contributed by atoms with van der Waals surface area (Å²) in [5.74, 6) is -1.33. The van der Waals surface area contributed by atoms with Crippen molar-refractivity contribution in [3.63, 3.8) is 0 Å². The van der Waals surface area contributed by atoms with Gasteiger partial charge in [0, 0.05) is 15.5 Å². The summed E-state index contributed by atoms with van der Waals surface area (Å²) in [5.41, 5.74) is 1.27. The molecule has 26 heavy (non-hydrogen) atoms. The van der Waals surface area contributed by atoms with Crippen LogP contribution in [0.15, 0.2) is 65.1 Å². The highest BCUT2D eigenvalue weighted by Crippen LogP contribution is 2.26. The van der Waals surface area contributed by atoms with Gasteiger partial charge in [0.15, 0.2) is 0 Å². The van der Waals surface area contributed by atoms with Crippen molar-refractivity contribution < 1.29 is 14.4 Å². The van der Waals surface area contributed by atoms with E-state index in [1.54, 1.807) is 24.3 Å². The summed E-state index contributed by atoms with van der Waals surface area (Å²) in [6.45, 7) is -0.326. The molecule has 0 aromatic heterocycles. The fraction of sp³-hybridized carbons (Fsp3) is 0.0500. The fourth-order valence-electron chi connectivity index (χ4n) is 3.07. The van der Waals surface area contributed by atoms with E-state index in [9.17, 15) is 14.4 Å². The van der Waals surface area contributed by atoms with Gasteiger partial charge in [-0.25, -0.2) is 0 Å². The van der Waals surface area contributed by atoms with E-state index in [1.807, 2.05) is 36.4 Å². The minimum Gasteiger partial charge on any atom is -0.324 e. The number of hydrogen-bond acceptors (Lipinski definition) is 3. The molecule has 1 aliphatic rings. The highest BCUT2D eigenvalue weighted by Gasteiger charge is 2.36. The molecule has 1 aliphatic heterocycles. The second-order valence-electron chi connectivity index (χ2n) is 5.96. The molecule has 5 nitrogen and oxygen atoms in total. The van der Waals surface area contributed by atoms with Gasteiger partial charge in [0.2, 0.25) is 5.91 Å². The summed E-state index contributed by atoms with van der Waals surface area (Å²) >= 11 is 3.29. The molecule has 1 heterocycles. The van der Waals surface area contributed by atoms with E-state index in [2.05, 4.69) is 21.2 Å². The van der Waals surface area contributed by atoms with Crippen LogP contribution in [0.2, 0.25) is 0 Å². The summed E-state index contributed by atoms with van der Waals surface area (Å²) < 4.78 is 0.708. The maximum Gasteiger partial charge on any atom is 0.262 e. The summed E-state index contributed by atoms with van der Waals surface area (Å²) in [7, 11) is 0. The lowest BCUT2D eigenvalue weighted by molar-refractivity contribution is -0.116. The van der Waals surface area contributed by atoms with Gasteiger partial charge in [-0.1, -0.05) is 52.3 Å². The predicted octanol–water partition coefficient (Wildman–Crippen LogP) is 3.84. The molecule has 6 heteroatoms. The number of rotatable bonds is 3. The standard InChI is InChI=1S/C20H13BrN2O3/c21-13-8-9-15-16(10-13)20(26)23(19(15)25)11-18(24)22-17-7-3-5-12-4-1-2-6-14(12)17/h1-10H,11H2,(H,22,24). The van der Waals surface area contributed by atoms with E-state index in [1.165, 1.54) is 0 Å². The highest BCUT2D eigenvalue weighted by atomic mass is 79.9. The molecule has 4 rings (SSSR count). The predicted molar refractivity (Wildman–Crippen MR) is 102 cm³/mol. The summed E-state index contributed by atoms with van der Waals surface area (Å²) in [6.07, 6.45) is 0. The Bertz CT molecular complexity index is 1070. The van der Waals surface area contributed by atoms with Crippen LogP contribution in [0.1, 0.15) is 20.7 Å². The first-order valence-electron chi connectivity index (χ1n) is 7.98. The average molecular weight is 409 g/mol. The quantitative estimate of drug-likeness (QED) is 0.669. The van der Waals surface area contributed by atoms with Gasteiger partial charge in [-0.2, -0.15) is 0 Å². The first-order chi connectivity index (χ1) is 12.5. The van der Waals surface area contributed by atoms with Crippen molar-refractivity contribution >= 4 is 50.1 Å². The summed E-state index contributed by atoms with van der Waals surface area (Å²) in [4.78, 5) is 38.3. The van der Waals surface area contributed by atoms with Crippen LogP contribution in [0.5, 0.6) is 0 Å². The van der Waals surface area contributed by atoms with Crippen molar-refractivity contribution in [2.24, 2.45) is 0 Å². The monoisotopic (exact) mass is 408 g/mol. The molecular formula is C20H13BrN2O3. The van der Waals surface area contributed by atoms with E-state index in [0.29, 0.717) is 21.3 Å². The Morgan fingerprint density at radius 3 is 2.50 bits per heavy atom. The van der Waals surface area contributed by atoms with E-state index in [4.69, 9.17) is 0 Å². The number of nitrogens with one attached hydrogen (secondary N) is 1. The van der Waals surface area contributed by atoms with E-state index in [-0.39, 0.29) is 6.54 Å². The molecule has 3 amide bonds. The molecule has 0 saturated carbocycles. The average Bonchev–Trinajstić information content (AvgIpc) is 2.86. The molecule has 0 aliphatic carbocycles. The second-order valence-corrected chi connectivity index (χ2v) is 6.88. The number of hydrogen-bond donors (Lipinski definition) is 1. The second kappa shape index (κ2) is 6.38. The van der Waals surface area contributed by atoms with Crippen molar-refractivity contribution in [3.05, 3.63) is 76.3 Å². The zero-order valence-electron chi connectivity index (χ0n) is 13.5. The van der Waals surface area contributed by atoms with E-state index >= 15 is 0 Å². The van der Waals surface area contributed by atoms with Crippen LogP contribution in [0.25, 0.3) is 10.8 Å².